The van der Waals surface area contributed by atoms with E-state index in [1.807, 2.05) is 0 Å². The number of aliphatic imine (C=N–C) groups is 1. The molecule has 0 spiro atoms. The Bertz CT molecular complexity index is 6480. The van der Waals surface area contributed by atoms with E-state index in [1.165, 1.54) is 24.3 Å². The monoisotopic (exact) mass is 1660 g/mol. The van der Waals surface area contributed by atoms with E-state index in [0.717, 1.165) is 91.0 Å². The number of H-pyrrole nitrogens is 8. The van der Waals surface area contributed by atoms with Crippen molar-refractivity contribution in [3.63, 3.8) is 0 Å². The second kappa shape index (κ2) is 35.1. The van der Waals surface area contributed by atoms with E-state index < -0.39 is 163 Å². The topological polar surface area (TPSA) is 659 Å². The summed E-state index contributed by atoms with van der Waals surface area (Å²) in [6.45, 7) is 0. The summed E-state index contributed by atoms with van der Waals surface area (Å²) in [6.07, 6.45) is 0. The SMILES string of the molecule is O=S(=O)([O-])c1cccc(N=c2nc(Cl)[nH]c(=Nc3cc(N=c4nc(Cl)[nH]c(=Nc5ccc(N=C([O-])Nc6ccc(N=c7[nH]c(Cl)nc(=Nc8ccc(S(=O)(=O)O)c(N=c9[nH]c(Cl)nc(=Nc%10cccc(S(=O)(=O)[O-])c%10)[nH]9)c8)[nH]7)c(S(=O)(=O)O)c6)cc5S(=O)(=O)O)[nH]4)ccc3S(=O)(=O)[O-])[nH]2)c1.[Na+].[Na+].[Na+].[Na+]. The molecule has 10 aromatic rings. The van der Waals surface area contributed by atoms with Crippen LogP contribution in [0.1, 0.15) is 0 Å². The molecule has 55 heteroatoms. The minimum Gasteiger partial charge on any atom is -0.846 e. The summed E-state index contributed by atoms with van der Waals surface area (Å²) in [4.78, 5) is 68.1. The molecule has 0 atom stereocenters. The third-order valence-electron chi connectivity index (χ3n) is 12.1. The molecule has 12 N–H and O–H groups in total. The fourth-order valence-electron chi connectivity index (χ4n) is 8.14. The molecule has 0 unspecified atom stereocenters. The first kappa shape index (κ1) is 86.6. The Labute approximate surface area is 689 Å². The van der Waals surface area contributed by atoms with Gasteiger partial charge in [0.05, 0.1) is 71.9 Å². The number of aromatic amines is 8. The average molecular weight is 1660 g/mol. The molecule has 0 aliphatic rings. The first-order valence-electron chi connectivity index (χ1n) is 26.1. The molecule has 0 saturated carbocycles. The van der Waals surface area contributed by atoms with E-state index in [1.54, 1.807) is 0 Å². The molecular weight excluding hydrogens is 1630 g/mol. The average Bonchev–Trinajstić information content (AvgIpc) is 0.810. The van der Waals surface area contributed by atoms with Crippen molar-refractivity contribution in [3.8, 4) is 0 Å². The van der Waals surface area contributed by atoms with Gasteiger partial charge in [-0.1, -0.05) is 12.1 Å². The quantitative estimate of drug-likeness (QED) is 0.0185. The Morgan fingerprint density at radius 3 is 1.05 bits per heavy atom. The van der Waals surface area contributed by atoms with Crippen LogP contribution in [0.3, 0.4) is 0 Å². The maximum Gasteiger partial charge on any atom is 1.00 e. The summed E-state index contributed by atoms with van der Waals surface area (Å²) in [7, 11) is -30.5. The van der Waals surface area contributed by atoms with Crippen molar-refractivity contribution >= 4 is 170 Å². The van der Waals surface area contributed by atoms with Gasteiger partial charge in [-0.25, -0.2) is 70.2 Å². The fraction of sp³-hybridized carbons (Fsp3) is 0. The zero-order chi connectivity index (χ0) is 72.4. The summed E-state index contributed by atoms with van der Waals surface area (Å²) in [5.74, 6) is 0. The summed E-state index contributed by atoms with van der Waals surface area (Å²) < 4.78 is 213. The van der Waals surface area contributed by atoms with Gasteiger partial charge < -0.3 is 44.0 Å². The van der Waals surface area contributed by atoms with Crippen LogP contribution in [0.4, 0.5) is 56.9 Å². The van der Waals surface area contributed by atoms with E-state index in [2.05, 4.69) is 110 Å². The Morgan fingerprint density at radius 2 is 0.683 bits per heavy atom. The number of hydrogen-bond donors (Lipinski definition) is 12. The maximum absolute atomic E-state index is 13.3. The van der Waals surface area contributed by atoms with Gasteiger partial charge in [-0.2, -0.15) is 45.2 Å². The summed E-state index contributed by atoms with van der Waals surface area (Å²) >= 11 is 24.7. The predicted octanol–water partition coefficient (Wildman–Crippen LogP) is -10.7. The third-order valence-corrected chi connectivity index (χ3v) is 18.0. The molecule has 41 nitrogen and oxygen atoms in total. The van der Waals surface area contributed by atoms with Gasteiger partial charge in [-0.15, -0.1) is 0 Å². The Hall–Kier alpha value is -6.35. The van der Waals surface area contributed by atoms with Crippen LogP contribution < -0.4 is 174 Å². The first-order valence-corrected chi connectivity index (χ1v) is 36.2. The van der Waals surface area contributed by atoms with Gasteiger partial charge in [0.15, 0.2) is 0 Å². The molecule has 0 fully saturated rings. The van der Waals surface area contributed by atoms with Gasteiger partial charge in [-0.05, 0) is 156 Å². The van der Waals surface area contributed by atoms with Gasteiger partial charge in [0.1, 0.15) is 45.0 Å². The number of nitrogens with one attached hydrogen (secondary N) is 9. The van der Waals surface area contributed by atoms with Crippen LogP contribution in [0.5, 0.6) is 0 Å². The van der Waals surface area contributed by atoms with Crippen molar-refractivity contribution in [2.24, 2.45) is 44.9 Å². The molecule has 4 heterocycles. The number of benzene rings is 6. The van der Waals surface area contributed by atoms with Crippen LogP contribution in [0.15, 0.2) is 196 Å². The zero-order valence-corrected chi connectivity index (χ0v) is 68.1. The molecule has 520 valence electrons. The van der Waals surface area contributed by atoms with Gasteiger partial charge in [0.2, 0.25) is 66.1 Å². The number of anilines is 1. The summed E-state index contributed by atoms with van der Waals surface area (Å²) in [5.41, 5.74) is -6.45. The Morgan fingerprint density at radius 1 is 0.356 bits per heavy atom. The maximum atomic E-state index is 13.3. The van der Waals surface area contributed by atoms with Crippen LogP contribution in [-0.4, -0.2) is 144 Å². The minimum atomic E-state index is -5.27. The molecule has 0 radical (unpaired) electrons. The second-order valence-electron chi connectivity index (χ2n) is 19.2. The molecule has 0 saturated heterocycles. The van der Waals surface area contributed by atoms with Crippen molar-refractivity contribution in [2.45, 2.75) is 29.4 Å². The molecule has 104 heavy (non-hydrogen) atoms. The second-order valence-corrected chi connectivity index (χ2v) is 28.9. The molecule has 4 aromatic heterocycles. The zero-order valence-electron chi connectivity index (χ0n) is 52.2. The van der Waals surface area contributed by atoms with Crippen LogP contribution in [0.25, 0.3) is 0 Å². The minimum absolute atomic E-state index is 0. The van der Waals surface area contributed by atoms with Crippen molar-refractivity contribution < 1.29 is 201 Å². The Balaban J connectivity index is 0.00000424. The number of hydrogen-bond acceptors (Lipinski definition) is 29. The van der Waals surface area contributed by atoms with Gasteiger partial charge in [0.25, 0.3) is 30.4 Å². The smallest absolute Gasteiger partial charge is 0.846 e. The number of halogens is 4. The van der Waals surface area contributed by atoms with Crippen molar-refractivity contribution in [1.29, 1.82) is 0 Å². The molecular formula is C49H32Cl4N22Na4O19S6. The van der Waals surface area contributed by atoms with Gasteiger partial charge in [0, 0.05) is 5.69 Å². The van der Waals surface area contributed by atoms with Crippen LogP contribution in [0.2, 0.25) is 21.1 Å². The van der Waals surface area contributed by atoms with E-state index in [9.17, 15) is 82.9 Å². The van der Waals surface area contributed by atoms with Crippen molar-refractivity contribution in [1.82, 2.24) is 59.8 Å². The predicted molar refractivity (Wildman–Crippen MR) is 336 cm³/mol. The van der Waals surface area contributed by atoms with Crippen LogP contribution in [-0.2, 0) is 60.7 Å². The van der Waals surface area contributed by atoms with E-state index in [4.69, 9.17) is 46.4 Å². The molecule has 0 bridgehead atoms. The van der Waals surface area contributed by atoms with Gasteiger partial charge >= 0.3 is 118 Å². The standard InChI is InChI=1S/C49H36Cl4N22O19S6.4Na/c50-37-66-43(56-23-9-13-33(97(83,84)85)31(17-23)62-47-70-39(52)64-41(74-47)54-21-3-1-5-27(15-21)95(77,78)79)72-45(68-37)60-29-11-7-25(19-35(29)99(89,90)91)58-49(76)59-26-8-12-30(36(20-26)100(92,93)94)61-46-69-38(51)67-44(73-46)57-24-10-14-34(98(86,87)88)32(18-24)63-48-71-40(53)65-42(75-48)55-22-4-2-6-28(16-22)96(80,81)82;;;;/h1-20H,(H2,58,59,76)(H,77,78,79)(H,80,81,82)(H,83,84,85)(H,86,87,88)(H,89,90,91)(H,92,93,94)(H2,54,62,64,70,74)(H2,55,63,65,71,75)(H2,56,60,66,68,72)(H2,57,61,67,69,73);;;;/q;4*+1/p-4. The first-order chi connectivity index (χ1) is 46.7. The summed E-state index contributed by atoms with van der Waals surface area (Å²) in [5, 5.41) is 13.8. The summed E-state index contributed by atoms with van der Waals surface area (Å²) in [6, 6.07) is 19.1. The van der Waals surface area contributed by atoms with E-state index in [-0.39, 0.29) is 174 Å². The number of rotatable bonds is 16. The van der Waals surface area contributed by atoms with E-state index in [0.29, 0.717) is 6.07 Å². The molecule has 6 aromatic carbocycles. The van der Waals surface area contributed by atoms with Crippen molar-refractivity contribution in [3.05, 3.63) is 187 Å². The fourth-order valence-corrected chi connectivity index (χ4v) is 12.3. The molecule has 0 aliphatic carbocycles. The van der Waals surface area contributed by atoms with Crippen molar-refractivity contribution in [2.75, 3.05) is 5.32 Å². The number of amidine groups is 1. The van der Waals surface area contributed by atoms with Gasteiger partial charge in [-0.3, -0.25) is 33.6 Å². The number of aromatic nitrogens is 12. The van der Waals surface area contributed by atoms with E-state index >= 15 is 0 Å². The molecule has 0 amide bonds. The molecule has 0 aliphatic heterocycles. The normalized spacial score (nSPS) is 13.8. The number of nitrogens with zero attached hydrogens (tertiary/aromatic N) is 13. The van der Waals surface area contributed by atoms with Crippen LogP contribution >= 0.6 is 46.4 Å². The third kappa shape index (κ3) is 23.8. The Kier molecular flexibility index (Phi) is 29.2. The van der Waals surface area contributed by atoms with Crippen LogP contribution in [0, 0.1) is 0 Å². The largest absolute Gasteiger partial charge is 1.00 e. The molecule has 10 rings (SSSR count).